The van der Waals surface area contributed by atoms with Gasteiger partial charge in [-0.15, -0.1) is 0 Å². The standard InChI is InChI=1S/C16H31NO3/c1-13(2)7-6-12-20-11-5-4-10-16(3,15(18)19)17-14-8-9-14/h13-14,17H,4-12H2,1-3H3,(H,18,19). The number of carboxylic acids is 1. The lowest BCUT2D eigenvalue weighted by Gasteiger charge is -2.26. The molecule has 1 aliphatic carbocycles. The first-order valence-corrected chi connectivity index (χ1v) is 8.03. The summed E-state index contributed by atoms with van der Waals surface area (Å²) in [4.78, 5) is 11.4. The van der Waals surface area contributed by atoms with E-state index in [1.807, 2.05) is 0 Å². The summed E-state index contributed by atoms with van der Waals surface area (Å²) in [6.07, 6.45) is 7.07. The summed E-state index contributed by atoms with van der Waals surface area (Å²) < 4.78 is 5.58. The zero-order valence-electron chi connectivity index (χ0n) is 13.3. The van der Waals surface area contributed by atoms with Gasteiger partial charge in [-0.2, -0.15) is 0 Å². The maximum atomic E-state index is 11.4. The average molecular weight is 285 g/mol. The van der Waals surface area contributed by atoms with Crippen LogP contribution in [0.1, 0.15) is 65.7 Å². The Bertz CT molecular complexity index is 289. The topological polar surface area (TPSA) is 58.6 Å². The average Bonchev–Trinajstić information content (AvgIpc) is 3.15. The zero-order chi connectivity index (χ0) is 15.0. The first kappa shape index (κ1) is 17.4. The first-order chi connectivity index (χ1) is 9.44. The fraction of sp³-hybridized carbons (Fsp3) is 0.938. The van der Waals surface area contributed by atoms with Crippen molar-refractivity contribution >= 4 is 5.97 Å². The Morgan fingerprint density at radius 1 is 1.30 bits per heavy atom. The molecule has 4 heteroatoms. The summed E-state index contributed by atoms with van der Waals surface area (Å²) in [5.74, 6) is 0.00521. The van der Waals surface area contributed by atoms with E-state index in [2.05, 4.69) is 19.2 Å². The number of hydrogen-bond donors (Lipinski definition) is 2. The predicted molar refractivity (Wildman–Crippen MR) is 80.9 cm³/mol. The summed E-state index contributed by atoms with van der Waals surface area (Å²) >= 11 is 0. The number of aliphatic carboxylic acids is 1. The number of carboxylic acid groups (broad SMARTS) is 1. The van der Waals surface area contributed by atoms with E-state index in [0.717, 1.165) is 51.2 Å². The maximum absolute atomic E-state index is 11.4. The van der Waals surface area contributed by atoms with Gasteiger partial charge in [0.15, 0.2) is 0 Å². The molecule has 0 aromatic heterocycles. The molecule has 0 aromatic rings. The summed E-state index contributed by atoms with van der Waals surface area (Å²) in [5, 5.41) is 12.6. The van der Waals surface area contributed by atoms with Crippen LogP contribution >= 0.6 is 0 Å². The second-order valence-electron chi connectivity index (χ2n) is 6.66. The fourth-order valence-electron chi connectivity index (χ4n) is 2.30. The number of hydrogen-bond acceptors (Lipinski definition) is 3. The van der Waals surface area contributed by atoms with E-state index in [-0.39, 0.29) is 0 Å². The molecule has 0 saturated heterocycles. The second-order valence-corrected chi connectivity index (χ2v) is 6.66. The molecule has 1 rings (SSSR count). The van der Waals surface area contributed by atoms with Gasteiger partial charge in [0, 0.05) is 19.3 Å². The molecule has 0 spiro atoms. The van der Waals surface area contributed by atoms with Crippen LogP contribution < -0.4 is 5.32 Å². The molecule has 1 unspecified atom stereocenters. The lowest BCUT2D eigenvalue weighted by Crippen LogP contribution is -2.50. The van der Waals surface area contributed by atoms with Crippen molar-refractivity contribution in [2.75, 3.05) is 13.2 Å². The number of rotatable bonds is 12. The van der Waals surface area contributed by atoms with Gasteiger partial charge in [0.1, 0.15) is 5.54 Å². The molecule has 1 aliphatic rings. The smallest absolute Gasteiger partial charge is 0.323 e. The minimum Gasteiger partial charge on any atom is -0.480 e. The van der Waals surface area contributed by atoms with E-state index in [9.17, 15) is 9.90 Å². The van der Waals surface area contributed by atoms with Crippen LogP contribution in [-0.2, 0) is 9.53 Å². The van der Waals surface area contributed by atoms with Crippen LogP contribution in [0, 0.1) is 5.92 Å². The number of unbranched alkanes of at least 4 members (excludes halogenated alkanes) is 1. The molecule has 0 aliphatic heterocycles. The Morgan fingerprint density at radius 3 is 2.50 bits per heavy atom. The highest BCUT2D eigenvalue weighted by Gasteiger charge is 2.37. The monoisotopic (exact) mass is 285 g/mol. The maximum Gasteiger partial charge on any atom is 0.323 e. The van der Waals surface area contributed by atoms with Crippen molar-refractivity contribution in [3.63, 3.8) is 0 Å². The molecule has 0 heterocycles. The molecule has 0 bridgehead atoms. The molecule has 1 fully saturated rings. The molecule has 4 nitrogen and oxygen atoms in total. The van der Waals surface area contributed by atoms with Gasteiger partial charge >= 0.3 is 5.97 Å². The van der Waals surface area contributed by atoms with E-state index in [1.54, 1.807) is 6.92 Å². The van der Waals surface area contributed by atoms with Gasteiger partial charge in [0.25, 0.3) is 0 Å². The van der Waals surface area contributed by atoms with E-state index < -0.39 is 11.5 Å². The Balaban J connectivity index is 2.04. The highest BCUT2D eigenvalue weighted by molar-refractivity contribution is 5.78. The molecular weight excluding hydrogens is 254 g/mol. The molecule has 20 heavy (non-hydrogen) atoms. The van der Waals surface area contributed by atoms with E-state index in [4.69, 9.17) is 4.74 Å². The minimum atomic E-state index is -0.765. The van der Waals surface area contributed by atoms with Gasteiger partial charge in [-0.25, -0.2) is 0 Å². The summed E-state index contributed by atoms with van der Waals surface area (Å²) in [6, 6.07) is 0.420. The molecule has 1 saturated carbocycles. The van der Waals surface area contributed by atoms with Gasteiger partial charge in [-0.3, -0.25) is 10.1 Å². The van der Waals surface area contributed by atoms with Crippen LogP contribution in [0.3, 0.4) is 0 Å². The van der Waals surface area contributed by atoms with Crippen molar-refractivity contribution in [3.05, 3.63) is 0 Å². The van der Waals surface area contributed by atoms with Crippen LogP contribution in [0.5, 0.6) is 0 Å². The van der Waals surface area contributed by atoms with E-state index >= 15 is 0 Å². The second kappa shape index (κ2) is 8.63. The molecule has 0 amide bonds. The Kier molecular flexibility index (Phi) is 7.52. The van der Waals surface area contributed by atoms with Crippen LogP contribution in [0.2, 0.25) is 0 Å². The molecule has 2 N–H and O–H groups in total. The lowest BCUT2D eigenvalue weighted by atomic mass is 9.95. The predicted octanol–water partition coefficient (Wildman–Crippen LogP) is 3.20. The molecule has 0 aromatic carbocycles. The molecule has 118 valence electrons. The quantitative estimate of drug-likeness (QED) is 0.541. The van der Waals surface area contributed by atoms with E-state index in [0.29, 0.717) is 12.5 Å². The Hall–Kier alpha value is -0.610. The van der Waals surface area contributed by atoms with Crippen molar-refractivity contribution < 1.29 is 14.6 Å². The third-order valence-corrected chi connectivity index (χ3v) is 3.86. The van der Waals surface area contributed by atoms with Gasteiger partial charge in [0.2, 0.25) is 0 Å². The number of nitrogens with one attached hydrogen (secondary N) is 1. The molecule has 0 radical (unpaired) electrons. The van der Waals surface area contributed by atoms with Crippen LogP contribution in [0.25, 0.3) is 0 Å². The minimum absolute atomic E-state index is 0.420. The normalized spacial score (nSPS) is 18.2. The summed E-state index contributed by atoms with van der Waals surface area (Å²) in [6.45, 7) is 7.82. The third kappa shape index (κ3) is 7.25. The summed E-state index contributed by atoms with van der Waals surface area (Å²) in [7, 11) is 0. The van der Waals surface area contributed by atoms with Gasteiger partial charge in [-0.05, 0) is 57.8 Å². The molecular formula is C16H31NO3. The van der Waals surface area contributed by atoms with E-state index in [1.165, 1.54) is 6.42 Å². The van der Waals surface area contributed by atoms with Gasteiger partial charge in [-0.1, -0.05) is 13.8 Å². The van der Waals surface area contributed by atoms with Crippen LogP contribution in [0.15, 0.2) is 0 Å². The third-order valence-electron chi connectivity index (χ3n) is 3.86. The molecule has 1 atom stereocenters. The summed E-state index contributed by atoms with van der Waals surface area (Å²) in [5.41, 5.74) is -0.765. The van der Waals surface area contributed by atoms with Gasteiger partial charge in [0.05, 0.1) is 0 Å². The van der Waals surface area contributed by atoms with Crippen molar-refractivity contribution in [3.8, 4) is 0 Å². The SMILES string of the molecule is CC(C)CCCOCCCCC(C)(NC1CC1)C(=O)O. The highest BCUT2D eigenvalue weighted by Crippen LogP contribution is 2.25. The first-order valence-electron chi connectivity index (χ1n) is 8.03. The van der Waals surface area contributed by atoms with Crippen LogP contribution in [0.4, 0.5) is 0 Å². The fourth-order valence-corrected chi connectivity index (χ4v) is 2.30. The van der Waals surface area contributed by atoms with Crippen molar-refractivity contribution in [2.24, 2.45) is 5.92 Å². The lowest BCUT2D eigenvalue weighted by molar-refractivity contribution is -0.144. The highest BCUT2D eigenvalue weighted by atomic mass is 16.5. The zero-order valence-corrected chi connectivity index (χ0v) is 13.3. The largest absolute Gasteiger partial charge is 0.480 e. The van der Waals surface area contributed by atoms with Crippen molar-refractivity contribution in [1.29, 1.82) is 0 Å². The van der Waals surface area contributed by atoms with Gasteiger partial charge < -0.3 is 9.84 Å². The van der Waals surface area contributed by atoms with Crippen LogP contribution in [-0.4, -0.2) is 35.9 Å². The Labute approximate surface area is 123 Å². The number of carbonyl (C=O) groups is 1. The Morgan fingerprint density at radius 2 is 1.95 bits per heavy atom. The van der Waals surface area contributed by atoms with Crippen molar-refractivity contribution in [1.82, 2.24) is 5.32 Å². The number of ether oxygens (including phenoxy) is 1. The van der Waals surface area contributed by atoms with Crippen molar-refractivity contribution in [2.45, 2.75) is 77.3 Å².